The highest BCUT2D eigenvalue weighted by atomic mass is 19.4. The number of anilines is 1. The molecule has 24 heavy (non-hydrogen) atoms. The molecule has 124 valence electrons. The van der Waals surface area contributed by atoms with Crippen molar-refractivity contribution >= 4 is 23.5 Å². The lowest BCUT2D eigenvalue weighted by Crippen LogP contribution is -2.29. The minimum Gasteiger partial charge on any atom is -0.318 e. The van der Waals surface area contributed by atoms with Gasteiger partial charge in [0.2, 0.25) is 0 Å². The van der Waals surface area contributed by atoms with Crippen LogP contribution in [0.4, 0.5) is 23.2 Å². The van der Waals surface area contributed by atoms with Crippen LogP contribution >= 0.6 is 0 Å². The van der Waals surface area contributed by atoms with Crippen LogP contribution in [0.1, 0.15) is 15.9 Å². The van der Waals surface area contributed by atoms with Crippen molar-refractivity contribution < 1.29 is 27.2 Å². The SMILES string of the molecule is O=C(/C=C/c1cccc(NC(=O)C(F)(F)F)c1)c1ccc(F)cc1. The first-order valence-corrected chi connectivity index (χ1v) is 6.72. The normalized spacial score (nSPS) is 11.5. The van der Waals surface area contributed by atoms with E-state index >= 15 is 0 Å². The number of halogens is 4. The van der Waals surface area contributed by atoms with E-state index in [-0.39, 0.29) is 17.0 Å². The molecule has 1 N–H and O–H groups in total. The van der Waals surface area contributed by atoms with Crippen LogP contribution in [0.2, 0.25) is 0 Å². The van der Waals surface area contributed by atoms with Crippen LogP contribution < -0.4 is 5.32 Å². The fraction of sp³-hybridized carbons (Fsp3) is 0.0588. The van der Waals surface area contributed by atoms with Crippen LogP contribution in [0.15, 0.2) is 54.6 Å². The van der Waals surface area contributed by atoms with Crippen molar-refractivity contribution in [1.29, 1.82) is 0 Å². The van der Waals surface area contributed by atoms with Crippen LogP contribution in [-0.2, 0) is 4.79 Å². The molecule has 0 heterocycles. The third kappa shape index (κ3) is 4.77. The Labute approximate surface area is 134 Å². The van der Waals surface area contributed by atoms with Crippen LogP contribution in [0, 0.1) is 5.82 Å². The lowest BCUT2D eigenvalue weighted by Gasteiger charge is -2.08. The number of carbonyl (C=O) groups is 2. The second-order valence-corrected chi connectivity index (χ2v) is 4.78. The summed E-state index contributed by atoms with van der Waals surface area (Å²) in [5, 5.41) is 1.72. The van der Waals surface area contributed by atoms with E-state index in [2.05, 4.69) is 0 Å². The van der Waals surface area contributed by atoms with E-state index in [9.17, 15) is 27.2 Å². The topological polar surface area (TPSA) is 46.2 Å². The Morgan fingerprint density at radius 2 is 1.67 bits per heavy atom. The molecule has 3 nitrogen and oxygen atoms in total. The molecular formula is C17H11F4NO2. The molecule has 0 fully saturated rings. The van der Waals surface area contributed by atoms with E-state index in [4.69, 9.17) is 0 Å². The van der Waals surface area contributed by atoms with Gasteiger partial charge in [0.25, 0.3) is 0 Å². The molecule has 0 atom stereocenters. The maximum absolute atomic E-state index is 12.8. The summed E-state index contributed by atoms with van der Waals surface area (Å²) in [4.78, 5) is 22.8. The fourth-order valence-electron chi connectivity index (χ4n) is 1.80. The number of carbonyl (C=O) groups excluding carboxylic acids is 2. The number of benzene rings is 2. The fourth-order valence-corrected chi connectivity index (χ4v) is 1.80. The van der Waals surface area contributed by atoms with Gasteiger partial charge < -0.3 is 5.32 Å². The second-order valence-electron chi connectivity index (χ2n) is 4.78. The lowest BCUT2D eigenvalue weighted by atomic mass is 10.1. The smallest absolute Gasteiger partial charge is 0.318 e. The molecular weight excluding hydrogens is 326 g/mol. The Morgan fingerprint density at radius 1 is 1.00 bits per heavy atom. The van der Waals surface area contributed by atoms with Gasteiger partial charge in [0.15, 0.2) is 5.78 Å². The summed E-state index contributed by atoms with van der Waals surface area (Å²) in [6.07, 6.45) is -2.39. The molecule has 1 amide bonds. The molecule has 0 spiro atoms. The molecule has 2 rings (SSSR count). The molecule has 0 unspecified atom stereocenters. The predicted molar refractivity (Wildman–Crippen MR) is 80.9 cm³/mol. The molecule has 0 bridgehead atoms. The van der Waals surface area contributed by atoms with Gasteiger partial charge in [-0.2, -0.15) is 13.2 Å². The van der Waals surface area contributed by atoms with Gasteiger partial charge in [0.1, 0.15) is 5.82 Å². The summed E-state index contributed by atoms with van der Waals surface area (Å²) in [6.45, 7) is 0. The first kappa shape index (κ1) is 17.4. The van der Waals surface area contributed by atoms with Crippen LogP contribution in [-0.4, -0.2) is 17.9 Å². The zero-order valence-electron chi connectivity index (χ0n) is 12.1. The van der Waals surface area contributed by atoms with Crippen molar-refractivity contribution in [3.8, 4) is 0 Å². The van der Waals surface area contributed by atoms with Crippen LogP contribution in [0.5, 0.6) is 0 Å². The Balaban J connectivity index is 2.10. The van der Waals surface area contributed by atoms with E-state index in [0.29, 0.717) is 5.56 Å². The Bertz CT molecular complexity index is 780. The molecule has 0 aliphatic heterocycles. The third-order valence-electron chi connectivity index (χ3n) is 2.96. The molecule has 2 aromatic carbocycles. The van der Waals surface area contributed by atoms with Gasteiger partial charge in [-0.15, -0.1) is 0 Å². The summed E-state index contributed by atoms with van der Waals surface area (Å²) in [6, 6.07) is 10.5. The Hall–Kier alpha value is -2.96. The van der Waals surface area contributed by atoms with Crippen molar-refractivity contribution in [1.82, 2.24) is 0 Å². The number of rotatable bonds is 4. The summed E-state index contributed by atoms with van der Waals surface area (Å²) in [5.41, 5.74) is 0.647. The van der Waals surface area contributed by atoms with E-state index < -0.39 is 17.9 Å². The number of ketones is 1. The zero-order valence-corrected chi connectivity index (χ0v) is 12.1. The molecule has 2 aromatic rings. The minimum absolute atomic E-state index is 0.0475. The van der Waals surface area contributed by atoms with Crippen molar-refractivity contribution in [2.45, 2.75) is 6.18 Å². The highest BCUT2D eigenvalue weighted by Gasteiger charge is 2.38. The van der Waals surface area contributed by atoms with Gasteiger partial charge in [0, 0.05) is 11.3 Å². The Morgan fingerprint density at radius 3 is 2.29 bits per heavy atom. The third-order valence-corrected chi connectivity index (χ3v) is 2.96. The zero-order chi connectivity index (χ0) is 17.7. The average molecular weight is 337 g/mol. The predicted octanol–water partition coefficient (Wildman–Crippen LogP) is 4.22. The lowest BCUT2D eigenvalue weighted by molar-refractivity contribution is -0.167. The van der Waals surface area contributed by atoms with Crippen LogP contribution in [0.25, 0.3) is 6.08 Å². The summed E-state index contributed by atoms with van der Waals surface area (Å²) < 4.78 is 49.4. The van der Waals surface area contributed by atoms with Crippen molar-refractivity contribution in [3.05, 3.63) is 71.6 Å². The van der Waals surface area contributed by atoms with Gasteiger partial charge in [-0.25, -0.2) is 4.39 Å². The standard InChI is InChI=1S/C17H11F4NO2/c18-13-7-5-12(6-8-13)15(23)9-4-11-2-1-3-14(10-11)22-16(24)17(19,20)21/h1-10H,(H,22,24)/b9-4+. The molecule has 0 saturated carbocycles. The molecule has 0 saturated heterocycles. The number of allylic oxidation sites excluding steroid dienone is 1. The van der Waals surface area contributed by atoms with E-state index in [0.717, 1.165) is 12.1 Å². The minimum atomic E-state index is -4.98. The molecule has 0 radical (unpaired) electrons. The average Bonchev–Trinajstić information content (AvgIpc) is 2.53. The van der Waals surface area contributed by atoms with Gasteiger partial charge in [0.05, 0.1) is 0 Å². The van der Waals surface area contributed by atoms with Gasteiger partial charge >= 0.3 is 12.1 Å². The van der Waals surface area contributed by atoms with Gasteiger partial charge in [-0.1, -0.05) is 18.2 Å². The van der Waals surface area contributed by atoms with Crippen molar-refractivity contribution in [2.75, 3.05) is 5.32 Å². The number of hydrogen-bond acceptors (Lipinski definition) is 2. The number of alkyl halides is 3. The first-order chi connectivity index (χ1) is 11.3. The van der Waals surface area contributed by atoms with Gasteiger partial charge in [-0.3, -0.25) is 9.59 Å². The van der Waals surface area contributed by atoms with E-state index in [1.807, 2.05) is 0 Å². The maximum Gasteiger partial charge on any atom is 0.471 e. The van der Waals surface area contributed by atoms with Crippen molar-refractivity contribution in [3.63, 3.8) is 0 Å². The maximum atomic E-state index is 12.8. The van der Waals surface area contributed by atoms with Gasteiger partial charge in [-0.05, 0) is 48.0 Å². The monoisotopic (exact) mass is 337 g/mol. The summed E-state index contributed by atoms with van der Waals surface area (Å²) >= 11 is 0. The quantitative estimate of drug-likeness (QED) is 0.516. The molecule has 0 aromatic heterocycles. The number of nitrogens with one attached hydrogen (secondary N) is 1. The largest absolute Gasteiger partial charge is 0.471 e. The number of hydrogen-bond donors (Lipinski definition) is 1. The molecule has 7 heteroatoms. The molecule has 0 aliphatic carbocycles. The highest BCUT2D eigenvalue weighted by molar-refractivity contribution is 6.06. The highest BCUT2D eigenvalue weighted by Crippen LogP contribution is 2.19. The Kier molecular flexibility index (Phi) is 5.13. The summed E-state index contributed by atoms with van der Waals surface area (Å²) in [5.74, 6) is -2.94. The first-order valence-electron chi connectivity index (χ1n) is 6.72. The second kappa shape index (κ2) is 7.08. The van der Waals surface area contributed by atoms with Crippen LogP contribution in [0.3, 0.4) is 0 Å². The number of amides is 1. The summed E-state index contributed by atoms with van der Waals surface area (Å²) in [7, 11) is 0. The van der Waals surface area contributed by atoms with Crippen molar-refractivity contribution in [2.24, 2.45) is 0 Å². The van der Waals surface area contributed by atoms with E-state index in [1.165, 1.54) is 42.5 Å². The van der Waals surface area contributed by atoms with E-state index in [1.54, 1.807) is 11.4 Å². The molecule has 0 aliphatic rings.